The zero-order valence-corrected chi connectivity index (χ0v) is 16.2. The number of hydrogen-bond acceptors (Lipinski definition) is 5. The highest BCUT2D eigenvalue weighted by molar-refractivity contribution is 6.34. The second-order valence-electron chi connectivity index (χ2n) is 6.16. The van der Waals surface area contributed by atoms with Crippen molar-refractivity contribution >= 4 is 23.2 Å². The van der Waals surface area contributed by atoms with E-state index in [0.717, 1.165) is 16.9 Å². The highest BCUT2D eigenvalue weighted by Gasteiger charge is 2.12. The summed E-state index contributed by atoms with van der Waals surface area (Å²) in [5.74, 6) is 1.35. The number of nitrogens with zero attached hydrogens (tertiary/aromatic N) is 2. The van der Waals surface area contributed by atoms with Crippen molar-refractivity contribution < 1.29 is 14.1 Å². The Balaban J connectivity index is 1.49. The van der Waals surface area contributed by atoms with Gasteiger partial charge < -0.3 is 14.6 Å². The Morgan fingerprint density at radius 3 is 2.34 bits per heavy atom. The second kappa shape index (κ2) is 8.16. The Hall–Kier alpha value is -3.64. The van der Waals surface area contributed by atoms with Gasteiger partial charge in [0.05, 0.1) is 17.7 Å². The SMILES string of the molecule is COc1ccc(-c2noc(-c3ccc(NC(=O)c4ccccc4Cl)cc3)n2)cc1. The lowest BCUT2D eigenvalue weighted by molar-refractivity contribution is 0.102. The van der Waals surface area contributed by atoms with Gasteiger partial charge >= 0.3 is 0 Å². The molecule has 0 atom stereocenters. The Morgan fingerprint density at radius 2 is 1.66 bits per heavy atom. The van der Waals surface area contributed by atoms with E-state index >= 15 is 0 Å². The van der Waals surface area contributed by atoms with E-state index < -0.39 is 0 Å². The molecule has 0 bridgehead atoms. The number of nitrogens with one attached hydrogen (secondary N) is 1. The molecule has 0 fully saturated rings. The molecule has 0 saturated carbocycles. The van der Waals surface area contributed by atoms with Crippen molar-refractivity contribution in [1.82, 2.24) is 10.1 Å². The first kappa shape index (κ1) is 18.7. The number of halogens is 1. The lowest BCUT2D eigenvalue weighted by Crippen LogP contribution is -2.12. The number of carbonyl (C=O) groups is 1. The molecule has 0 radical (unpaired) electrons. The van der Waals surface area contributed by atoms with Crippen LogP contribution in [0.5, 0.6) is 5.75 Å². The molecule has 0 aliphatic carbocycles. The van der Waals surface area contributed by atoms with Crippen LogP contribution in [-0.4, -0.2) is 23.2 Å². The molecular weight excluding hydrogens is 390 g/mol. The molecule has 29 heavy (non-hydrogen) atoms. The minimum Gasteiger partial charge on any atom is -0.497 e. The third-order valence-corrected chi connectivity index (χ3v) is 4.61. The van der Waals surface area contributed by atoms with Crippen LogP contribution in [0.4, 0.5) is 5.69 Å². The molecule has 1 heterocycles. The van der Waals surface area contributed by atoms with E-state index in [1.54, 1.807) is 55.6 Å². The molecule has 144 valence electrons. The van der Waals surface area contributed by atoms with E-state index in [1.807, 2.05) is 24.3 Å². The van der Waals surface area contributed by atoms with Gasteiger partial charge in [0.1, 0.15) is 5.75 Å². The van der Waals surface area contributed by atoms with Crippen molar-refractivity contribution in [3.05, 3.63) is 83.4 Å². The molecule has 3 aromatic carbocycles. The molecule has 4 rings (SSSR count). The number of rotatable bonds is 5. The predicted molar refractivity (Wildman–Crippen MR) is 111 cm³/mol. The minimum atomic E-state index is -0.275. The maximum atomic E-state index is 12.4. The summed E-state index contributed by atoms with van der Waals surface area (Å²) in [6.45, 7) is 0. The highest BCUT2D eigenvalue weighted by atomic mass is 35.5. The van der Waals surface area contributed by atoms with Crippen molar-refractivity contribution in [1.29, 1.82) is 0 Å². The summed E-state index contributed by atoms with van der Waals surface area (Å²) < 4.78 is 10.5. The lowest BCUT2D eigenvalue weighted by atomic mass is 10.1. The molecule has 0 aliphatic heterocycles. The van der Waals surface area contributed by atoms with Crippen molar-refractivity contribution in [2.75, 3.05) is 12.4 Å². The van der Waals surface area contributed by atoms with Crippen molar-refractivity contribution in [2.24, 2.45) is 0 Å². The van der Waals surface area contributed by atoms with Crippen LogP contribution in [0.3, 0.4) is 0 Å². The van der Waals surface area contributed by atoms with Crippen LogP contribution < -0.4 is 10.1 Å². The Bertz CT molecular complexity index is 1140. The van der Waals surface area contributed by atoms with Gasteiger partial charge in [-0.1, -0.05) is 28.9 Å². The van der Waals surface area contributed by atoms with Gasteiger partial charge in [0.2, 0.25) is 5.82 Å². The van der Waals surface area contributed by atoms with Gasteiger partial charge in [-0.3, -0.25) is 4.79 Å². The molecule has 1 amide bonds. The molecule has 6 nitrogen and oxygen atoms in total. The monoisotopic (exact) mass is 405 g/mol. The van der Waals surface area contributed by atoms with Gasteiger partial charge in [-0.2, -0.15) is 4.98 Å². The zero-order chi connectivity index (χ0) is 20.2. The summed E-state index contributed by atoms with van der Waals surface area (Å²) in [6, 6.07) is 21.4. The number of hydrogen-bond donors (Lipinski definition) is 1. The summed E-state index contributed by atoms with van der Waals surface area (Å²) in [7, 11) is 1.61. The molecule has 0 unspecified atom stereocenters. The molecule has 4 aromatic rings. The molecular formula is C22H16ClN3O3. The van der Waals surface area contributed by atoms with E-state index in [-0.39, 0.29) is 5.91 Å². The summed E-state index contributed by atoms with van der Waals surface area (Å²) in [4.78, 5) is 16.8. The van der Waals surface area contributed by atoms with E-state index in [1.165, 1.54) is 0 Å². The van der Waals surface area contributed by atoms with Gasteiger partial charge in [0, 0.05) is 16.8 Å². The second-order valence-corrected chi connectivity index (χ2v) is 6.57. The van der Waals surface area contributed by atoms with Crippen molar-refractivity contribution in [2.45, 2.75) is 0 Å². The summed E-state index contributed by atoms with van der Waals surface area (Å²) in [5, 5.41) is 7.25. The number of aromatic nitrogens is 2. The van der Waals surface area contributed by atoms with Crippen LogP contribution in [0.15, 0.2) is 77.3 Å². The minimum absolute atomic E-state index is 0.275. The van der Waals surface area contributed by atoms with Crippen LogP contribution in [-0.2, 0) is 0 Å². The molecule has 7 heteroatoms. The van der Waals surface area contributed by atoms with Crippen molar-refractivity contribution in [3.63, 3.8) is 0 Å². The average molecular weight is 406 g/mol. The fourth-order valence-electron chi connectivity index (χ4n) is 2.74. The maximum Gasteiger partial charge on any atom is 0.258 e. The largest absolute Gasteiger partial charge is 0.497 e. The predicted octanol–water partition coefficient (Wildman–Crippen LogP) is 5.32. The quantitative estimate of drug-likeness (QED) is 0.486. The lowest BCUT2D eigenvalue weighted by Gasteiger charge is -2.06. The molecule has 1 aromatic heterocycles. The van der Waals surface area contributed by atoms with Crippen LogP contribution in [0.25, 0.3) is 22.8 Å². The molecule has 0 saturated heterocycles. The van der Waals surface area contributed by atoms with E-state index in [2.05, 4.69) is 15.5 Å². The standard InChI is InChI=1S/C22H16ClN3O3/c1-28-17-12-8-14(9-13-17)20-25-22(29-26-20)15-6-10-16(11-7-15)24-21(27)18-4-2-3-5-19(18)23/h2-13H,1H3,(H,24,27). The Labute approximate surface area is 172 Å². The fourth-order valence-corrected chi connectivity index (χ4v) is 2.96. The van der Waals surface area contributed by atoms with Crippen LogP contribution in [0.1, 0.15) is 10.4 Å². The number of ether oxygens (including phenoxy) is 1. The smallest absolute Gasteiger partial charge is 0.258 e. The number of carbonyl (C=O) groups excluding carboxylic acids is 1. The number of amides is 1. The average Bonchev–Trinajstić information content (AvgIpc) is 3.25. The summed E-state index contributed by atoms with van der Waals surface area (Å²) >= 11 is 6.06. The van der Waals surface area contributed by atoms with Gasteiger partial charge in [-0.15, -0.1) is 0 Å². The fraction of sp³-hybridized carbons (Fsp3) is 0.0455. The number of anilines is 1. The van der Waals surface area contributed by atoms with Crippen LogP contribution >= 0.6 is 11.6 Å². The van der Waals surface area contributed by atoms with Crippen LogP contribution in [0.2, 0.25) is 5.02 Å². The van der Waals surface area contributed by atoms with Gasteiger partial charge in [-0.05, 0) is 60.7 Å². The number of benzene rings is 3. The summed E-state index contributed by atoms with van der Waals surface area (Å²) in [6.07, 6.45) is 0. The third kappa shape index (κ3) is 4.12. The van der Waals surface area contributed by atoms with Gasteiger partial charge in [0.15, 0.2) is 0 Å². The van der Waals surface area contributed by atoms with E-state index in [9.17, 15) is 4.79 Å². The van der Waals surface area contributed by atoms with E-state index in [0.29, 0.717) is 28.0 Å². The number of methoxy groups -OCH3 is 1. The normalized spacial score (nSPS) is 10.6. The Morgan fingerprint density at radius 1 is 0.966 bits per heavy atom. The first-order valence-corrected chi connectivity index (χ1v) is 9.16. The zero-order valence-electron chi connectivity index (χ0n) is 15.4. The molecule has 1 N–H and O–H groups in total. The maximum absolute atomic E-state index is 12.4. The van der Waals surface area contributed by atoms with Gasteiger partial charge in [-0.25, -0.2) is 0 Å². The topological polar surface area (TPSA) is 77.3 Å². The highest BCUT2D eigenvalue weighted by Crippen LogP contribution is 2.25. The first-order chi connectivity index (χ1) is 14.1. The molecule has 0 spiro atoms. The summed E-state index contributed by atoms with van der Waals surface area (Å²) in [5.41, 5.74) is 2.62. The van der Waals surface area contributed by atoms with Gasteiger partial charge in [0.25, 0.3) is 11.8 Å². The third-order valence-electron chi connectivity index (χ3n) is 4.28. The molecule has 0 aliphatic rings. The van der Waals surface area contributed by atoms with Crippen molar-refractivity contribution in [3.8, 4) is 28.6 Å². The Kier molecular flexibility index (Phi) is 5.27. The van der Waals surface area contributed by atoms with E-state index in [4.69, 9.17) is 20.9 Å². The van der Waals surface area contributed by atoms with Crippen LogP contribution in [0, 0.1) is 0 Å². The first-order valence-electron chi connectivity index (χ1n) is 8.78.